The Morgan fingerprint density at radius 1 is 0.367 bits per heavy atom. The van der Waals surface area contributed by atoms with Crippen LogP contribution in [0.3, 0.4) is 0 Å². The van der Waals surface area contributed by atoms with Gasteiger partial charge in [-0.2, -0.15) is 0 Å². The van der Waals surface area contributed by atoms with Gasteiger partial charge in [0.2, 0.25) is 0 Å². The zero-order valence-corrected chi connectivity index (χ0v) is 26.6. The Balaban J connectivity index is 1.17. The molecule has 0 bridgehead atoms. The largest absolute Gasteiger partial charge is 0.309 e. The molecule has 0 unspecified atom stereocenters. The van der Waals surface area contributed by atoms with E-state index < -0.39 is 0 Å². The second-order valence-corrected chi connectivity index (χ2v) is 12.6. The van der Waals surface area contributed by atoms with E-state index >= 15 is 0 Å². The summed E-state index contributed by atoms with van der Waals surface area (Å²) >= 11 is 0. The van der Waals surface area contributed by atoms with E-state index in [1.165, 1.54) is 54.5 Å². The lowest BCUT2D eigenvalue weighted by atomic mass is 10.00. The summed E-state index contributed by atoms with van der Waals surface area (Å²) in [4.78, 5) is 10.4. The Labute approximate surface area is 283 Å². The molecule has 0 aliphatic carbocycles. The average molecular weight is 624 g/mol. The molecule has 0 saturated carbocycles. The molecule has 0 fully saturated rings. The van der Waals surface area contributed by atoms with E-state index in [4.69, 9.17) is 9.97 Å². The maximum Gasteiger partial charge on any atom is 0.160 e. The van der Waals surface area contributed by atoms with Crippen molar-refractivity contribution in [3.8, 4) is 39.5 Å². The lowest BCUT2D eigenvalue weighted by Crippen LogP contribution is -1.98. The first-order chi connectivity index (χ1) is 24.3. The molecule has 8 aromatic carbocycles. The smallest absolute Gasteiger partial charge is 0.160 e. The molecule has 3 nitrogen and oxygen atoms in total. The third kappa shape index (κ3) is 4.44. The summed E-state index contributed by atoms with van der Waals surface area (Å²) in [6.07, 6.45) is 0. The van der Waals surface area contributed by atoms with Gasteiger partial charge in [0.15, 0.2) is 5.82 Å². The molecule has 0 saturated heterocycles. The van der Waals surface area contributed by atoms with Crippen LogP contribution in [-0.2, 0) is 0 Å². The van der Waals surface area contributed by atoms with Crippen molar-refractivity contribution in [1.82, 2.24) is 14.5 Å². The quantitative estimate of drug-likeness (QED) is 0.195. The van der Waals surface area contributed by atoms with Crippen molar-refractivity contribution in [3.05, 3.63) is 176 Å². The van der Waals surface area contributed by atoms with E-state index in [1.807, 2.05) is 12.1 Å². The van der Waals surface area contributed by atoms with Crippen LogP contribution in [0.5, 0.6) is 0 Å². The highest BCUT2D eigenvalue weighted by Gasteiger charge is 2.18. The van der Waals surface area contributed by atoms with E-state index in [0.717, 1.165) is 33.4 Å². The molecule has 0 N–H and O–H groups in total. The highest BCUT2D eigenvalue weighted by atomic mass is 15.0. The Hall–Kier alpha value is -6.58. The van der Waals surface area contributed by atoms with Crippen LogP contribution >= 0.6 is 0 Å². The van der Waals surface area contributed by atoms with Crippen molar-refractivity contribution >= 4 is 54.3 Å². The fraction of sp³-hybridized carbons (Fsp3) is 0. The molecule has 0 atom stereocenters. The van der Waals surface area contributed by atoms with Crippen LogP contribution in [0.1, 0.15) is 0 Å². The Morgan fingerprint density at radius 3 is 1.61 bits per heavy atom. The standard InChI is InChI=1S/C46H29N3/c1-2-11-30(12-3-1)31-21-23-34(24-22-31)45-39-19-8-9-20-40(39)47-46(48-45)35-15-10-16-36(29-35)49-41-27-25-32-13-4-6-17-37(32)43(41)44-38-18-7-5-14-33(38)26-28-42(44)49/h1-29H. The lowest BCUT2D eigenvalue weighted by Gasteiger charge is -2.12. The highest BCUT2D eigenvalue weighted by Crippen LogP contribution is 2.41. The zero-order valence-electron chi connectivity index (χ0n) is 26.6. The van der Waals surface area contributed by atoms with Crippen LogP contribution in [0.15, 0.2) is 176 Å². The number of hydrogen-bond acceptors (Lipinski definition) is 2. The van der Waals surface area contributed by atoms with E-state index in [0.29, 0.717) is 5.82 Å². The average Bonchev–Trinajstić information content (AvgIpc) is 3.53. The van der Waals surface area contributed by atoms with E-state index in [2.05, 4.69) is 168 Å². The van der Waals surface area contributed by atoms with Gasteiger partial charge in [0, 0.05) is 33.0 Å². The molecule has 0 amide bonds. The summed E-state index contributed by atoms with van der Waals surface area (Å²) in [7, 11) is 0. The number of benzene rings is 8. The summed E-state index contributed by atoms with van der Waals surface area (Å²) in [5.74, 6) is 0.708. The van der Waals surface area contributed by atoms with Crippen molar-refractivity contribution in [3.63, 3.8) is 0 Å². The minimum absolute atomic E-state index is 0.708. The second kappa shape index (κ2) is 11.0. The first-order valence-electron chi connectivity index (χ1n) is 16.7. The zero-order chi connectivity index (χ0) is 32.3. The third-order valence-corrected chi connectivity index (χ3v) is 9.78. The molecular formula is C46H29N3. The summed E-state index contributed by atoms with van der Waals surface area (Å²) in [5, 5.41) is 8.59. The van der Waals surface area contributed by atoms with Gasteiger partial charge in [0.1, 0.15) is 0 Å². The molecule has 0 aliphatic heterocycles. The first kappa shape index (κ1) is 27.5. The normalized spacial score (nSPS) is 11.7. The number of hydrogen-bond donors (Lipinski definition) is 0. The summed E-state index contributed by atoms with van der Waals surface area (Å²) in [6, 6.07) is 62.6. The number of rotatable bonds is 4. The molecule has 3 heteroatoms. The van der Waals surface area contributed by atoms with Gasteiger partial charge in [0.25, 0.3) is 0 Å². The van der Waals surface area contributed by atoms with Crippen molar-refractivity contribution in [2.24, 2.45) is 0 Å². The maximum atomic E-state index is 5.25. The predicted molar refractivity (Wildman–Crippen MR) is 205 cm³/mol. The fourth-order valence-electron chi connectivity index (χ4n) is 7.49. The van der Waals surface area contributed by atoms with Gasteiger partial charge in [-0.15, -0.1) is 0 Å². The van der Waals surface area contributed by atoms with Gasteiger partial charge in [0.05, 0.1) is 22.2 Å². The van der Waals surface area contributed by atoms with Crippen LogP contribution in [-0.4, -0.2) is 14.5 Å². The van der Waals surface area contributed by atoms with Crippen LogP contribution in [0.4, 0.5) is 0 Å². The van der Waals surface area contributed by atoms with E-state index in [-0.39, 0.29) is 0 Å². The van der Waals surface area contributed by atoms with Gasteiger partial charge >= 0.3 is 0 Å². The lowest BCUT2D eigenvalue weighted by molar-refractivity contribution is 1.17. The molecule has 2 aromatic heterocycles. The van der Waals surface area contributed by atoms with E-state index in [9.17, 15) is 0 Å². The van der Waals surface area contributed by atoms with Gasteiger partial charge < -0.3 is 4.57 Å². The molecule has 2 heterocycles. The van der Waals surface area contributed by atoms with Gasteiger partial charge in [-0.1, -0.05) is 146 Å². The minimum Gasteiger partial charge on any atom is -0.309 e. The van der Waals surface area contributed by atoms with Crippen LogP contribution in [0, 0.1) is 0 Å². The molecule has 10 aromatic rings. The number of para-hydroxylation sites is 1. The van der Waals surface area contributed by atoms with Crippen molar-refractivity contribution in [1.29, 1.82) is 0 Å². The number of aromatic nitrogens is 3. The molecule has 0 spiro atoms. The van der Waals surface area contributed by atoms with E-state index in [1.54, 1.807) is 0 Å². The van der Waals surface area contributed by atoms with Gasteiger partial charge in [-0.3, -0.25) is 0 Å². The van der Waals surface area contributed by atoms with Crippen molar-refractivity contribution < 1.29 is 0 Å². The Kier molecular flexibility index (Phi) is 6.18. The maximum absolute atomic E-state index is 5.25. The van der Waals surface area contributed by atoms with Gasteiger partial charge in [-0.25, -0.2) is 9.97 Å². The molecule has 0 radical (unpaired) electrons. The van der Waals surface area contributed by atoms with Crippen molar-refractivity contribution in [2.45, 2.75) is 0 Å². The summed E-state index contributed by atoms with van der Waals surface area (Å²) in [6.45, 7) is 0. The first-order valence-corrected chi connectivity index (χ1v) is 16.7. The summed E-state index contributed by atoms with van der Waals surface area (Å²) in [5.41, 5.74) is 9.72. The Bertz CT molecular complexity index is 2770. The third-order valence-electron chi connectivity index (χ3n) is 9.78. The highest BCUT2D eigenvalue weighted by molar-refractivity contribution is 6.28. The second-order valence-electron chi connectivity index (χ2n) is 12.6. The molecule has 228 valence electrons. The predicted octanol–water partition coefficient (Wildman–Crippen LogP) is 12.0. The number of fused-ring (bicyclic) bond motifs is 8. The topological polar surface area (TPSA) is 30.7 Å². The molecule has 10 rings (SSSR count). The monoisotopic (exact) mass is 623 g/mol. The minimum atomic E-state index is 0.708. The Morgan fingerprint density at radius 2 is 0.918 bits per heavy atom. The fourth-order valence-corrected chi connectivity index (χ4v) is 7.49. The SMILES string of the molecule is c1ccc(-c2ccc(-c3nc(-c4cccc(-n5c6ccc7ccccc7c6c6c7ccccc7ccc65)c4)nc4ccccc34)cc2)cc1. The number of nitrogens with zero attached hydrogens (tertiary/aromatic N) is 3. The molecule has 0 aliphatic rings. The molecule has 49 heavy (non-hydrogen) atoms. The van der Waals surface area contributed by atoms with Crippen LogP contribution in [0.25, 0.3) is 93.7 Å². The van der Waals surface area contributed by atoms with Crippen LogP contribution < -0.4 is 0 Å². The molecular weight excluding hydrogens is 595 g/mol. The van der Waals surface area contributed by atoms with Crippen molar-refractivity contribution in [2.75, 3.05) is 0 Å². The van der Waals surface area contributed by atoms with Crippen LogP contribution in [0.2, 0.25) is 0 Å². The summed E-state index contributed by atoms with van der Waals surface area (Å²) < 4.78 is 2.40. The van der Waals surface area contributed by atoms with Gasteiger partial charge in [-0.05, 0) is 63.0 Å².